The number of anilines is 1. The van der Waals surface area contributed by atoms with Crippen molar-refractivity contribution in [2.75, 3.05) is 11.1 Å². The Labute approximate surface area is 137 Å². The van der Waals surface area contributed by atoms with E-state index in [1.807, 2.05) is 19.9 Å². The molecule has 23 heavy (non-hydrogen) atoms. The van der Waals surface area contributed by atoms with Gasteiger partial charge in [0, 0.05) is 24.0 Å². The first-order valence-corrected chi connectivity index (χ1v) is 8.10. The summed E-state index contributed by atoms with van der Waals surface area (Å²) >= 11 is 1.32. The highest BCUT2D eigenvalue weighted by Crippen LogP contribution is 2.20. The SMILES string of the molecule is Cc1cc(C)nc(SCC(=O)Nc2ccc3oc(C)nc3c2)n1. The molecule has 0 radical (unpaired) electrons. The molecule has 0 bridgehead atoms. The molecular weight excluding hydrogens is 312 g/mol. The van der Waals surface area contributed by atoms with Crippen LogP contribution in [-0.4, -0.2) is 26.6 Å². The molecule has 3 aromatic rings. The molecule has 6 nitrogen and oxygen atoms in total. The fraction of sp³-hybridized carbons (Fsp3) is 0.250. The molecule has 0 atom stereocenters. The highest BCUT2D eigenvalue weighted by molar-refractivity contribution is 7.99. The van der Waals surface area contributed by atoms with E-state index in [2.05, 4.69) is 20.3 Å². The number of carbonyl (C=O) groups excluding carboxylic acids is 1. The highest BCUT2D eigenvalue weighted by Gasteiger charge is 2.08. The van der Waals surface area contributed by atoms with Gasteiger partial charge in [0.05, 0.1) is 5.75 Å². The lowest BCUT2D eigenvalue weighted by Gasteiger charge is -2.05. The van der Waals surface area contributed by atoms with E-state index in [-0.39, 0.29) is 11.7 Å². The number of oxazole rings is 1. The normalized spacial score (nSPS) is 10.9. The Kier molecular flexibility index (Phi) is 4.29. The average Bonchev–Trinajstić information content (AvgIpc) is 2.83. The third-order valence-electron chi connectivity index (χ3n) is 3.07. The molecule has 0 unspecified atom stereocenters. The summed E-state index contributed by atoms with van der Waals surface area (Å²) in [4.78, 5) is 24.9. The van der Waals surface area contributed by atoms with E-state index < -0.39 is 0 Å². The number of nitrogens with zero attached hydrogens (tertiary/aromatic N) is 3. The Morgan fingerprint density at radius 3 is 2.61 bits per heavy atom. The van der Waals surface area contributed by atoms with Crippen molar-refractivity contribution in [1.82, 2.24) is 15.0 Å². The third-order valence-corrected chi connectivity index (χ3v) is 3.92. The first kappa shape index (κ1) is 15.5. The maximum absolute atomic E-state index is 12.1. The summed E-state index contributed by atoms with van der Waals surface area (Å²) in [6, 6.07) is 7.29. The van der Waals surface area contributed by atoms with Crippen molar-refractivity contribution in [3.63, 3.8) is 0 Å². The molecule has 7 heteroatoms. The van der Waals surface area contributed by atoms with Crippen molar-refractivity contribution in [1.29, 1.82) is 0 Å². The summed E-state index contributed by atoms with van der Waals surface area (Å²) in [6.07, 6.45) is 0. The zero-order valence-corrected chi connectivity index (χ0v) is 13.9. The molecule has 2 aromatic heterocycles. The van der Waals surface area contributed by atoms with E-state index in [4.69, 9.17) is 4.42 Å². The number of hydrogen-bond donors (Lipinski definition) is 1. The Balaban J connectivity index is 1.63. The number of nitrogens with one attached hydrogen (secondary N) is 1. The van der Waals surface area contributed by atoms with Crippen molar-refractivity contribution in [2.24, 2.45) is 0 Å². The standard InChI is InChI=1S/C16H16N4O2S/c1-9-6-10(2)18-16(17-9)23-8-15(21)20-12-4-5-14-13(7-12)19-11(3)22-14/h4-7H,8H2,1-3H3,(H,20,21). The second-order valence-electron chi connectivity index (χ2n) is 5.19. The molecule has 1 amide bonds. The largest absolute Gasteiger partial charge is 0.441 e. The first-order chi connectivity index (χ1) is 11.0. The number of rotatable bonds is 4. The molecule has 3 rings (SSSR count). The molecule has 1 N–H and O–H groups in total. The monoisotopic (exact) mass is 328 g/mol. The predicted octanol–water partition coefficient (Wildman–Crippen LogP) is 3.27. The molecule has 0 saturated heterocycles. The number of benzene rings is 1. The van der Waals surface area contributed by atoms with Gasteiger partial charge in [-0.2, -0.15) is 0 Å². The van der Waals surface area contributed by atoms with Crippen LogP contribution in [0.3, 0.4) is 0 Å². The lowest BCUT2D eigenvalue weighted by molar-refractivity contribution is -0.113. The van der Waals surface area contributed by atoms with Crippen molar-refractivity contribution in [3.05, 3.63) is 41.5 Å². The minimum atomic E-state index is -0.114. The van der Waals surface area contributed by atoms with Crippen LogP contribution in [0.15, 0.2) is 33.8 Å². The van der Waals surface area contributed by atoms with Crippen molar-refractivity contribution < 1.29 is 9.21 Å². The van der Waals surface area contributed by atoms with Gasteiger partial charge in [0.2, 0.25) is 5.91 Å². The lowest BCUT2D eigenvalue weighted by Crippen LogP contribution is -2.14. The lowest BCUT2D eigenvalue weighted by atomic mass is 10.3. The first-order valence-electron chi connectivity index (χ1n) is 7.12. The molecule has 0 aliphatic heterocycles. The summed E-state index contributed by atoms with van der Waals surface area (Å²) in [6.45, 7) is 5.61. The second-order valence-corrected chi connectivity index (χ2v) is 6.13. The second kappa shape index (κ2) is 6.37. The summed E-state index contributed by atoms with van der Waals surface area (Å²) in [5, 5.41) is 3.46. The number of fused-ring (bicyclic) bond motifs is 1. The summed E-state index contributed by atoms with van der Waals surface area (Å²) in [7, 11) is 0. The molecule has 1 aromatic carbocycles. The van der Waals surface area contributed by atoms with E-state index in [0.29, 0.717) is 22.3 Å². The fourth-order valence-electron chi connectivity index (χ4n) is 2.21. The third kappa shape index (κ3) is 3.87. The van der Waals surface area contributed by atoms with Crippen LogP contribution in [0.5, 0.6) is 0 Å². The minimum Gasteiger partial charge on any atom is -0.441 e. The van der Waals surface area contributed by atoms with Gasteiger partial charge < -0.3 is 9.73 Å². The molecule has 0 fully saturated rings. The zero-order valence-electron chi connectivity index (χ0n) is 13.1. The van der Waals surface area contributed by atoms with E-state index in [9.17, 15) is 4.79 Å². The average molecular weight is 328 g/mol. The van der Waals surface area contributed by atoms with Crippen LogP contribution in [0.4, 0.5) is 5.69 Å². The van der Waals surface area contributed by atoms with Crippen molar-refractivity contribution in [3.8, 4) is 0 Å². The highest BCUT2D eigenvalue weighted by atomic mass is 32.2. The molecule has 2 heterocycles. The molecule has 0 aliphatic carbocycles. The number of aryl methyl sites for hydroxylation is 3. The molecular formula is C16H16N4O2S. The van der Waals surface area contributed by atoms with Crippen molar-refractivity contribution >= 4 is 34.5 Å². The van der Waals surface area contributed by atoms with Gasteiger partial charge in [-0.3, -0.25) is 4.79 Å². The maximum Gasteiger partial charge on any atom is 0.234 e. The van der Waals surface area contributed by atoms with Gasteiger partial charge in [-0.25, -0.2) is 15.0 Å². The number of thioether (sulfide) groups is 1. The summed E-state index contributed by atoms with van der Waals surface area (Å²) < 4.78 is 5.41. The number of carbonyl (C=O) groups is 1. The molecule has 0 aliphatic rings. The van der Waals surface area contributed by atoms with Gasteiger partial charge >= 0.3 is 0 Å². The van der Waals surface area contributed by atoms with Gasteiger partial charge in [-0.15, -0.1) is 0 Å². The summed E-state index contributed by atoms with van der Waals surface area (Å²) in [5.41, 5.74) is 3.92. The van der Waals surface area contributed by atoms with Crippen LogP contribution in [0.25, 0.3) is 11.1 Å². The van der Waals surface area contributed by atoms with E-state index >= 15 is 0 Å². The van der Waals surface area contributed by atoms with E-state index in [1.165, 1.54) is 11.8 Å². The maximum atomic E-state index is 12.1. The quantitative estimate of drug-likeness (QED) is 0.585. The Hall–Kier alpha value is -2.41. The Morgan fingerprint density at radius 1 is 1.13 bits per heavy atom. The Morgan fingerprint density at radius 2 is 1.87 bits per heavy atom. The Bertz CT molecular complexity index is 855. The fourth-order valence-corrected chi connectivity index (χ4v) is 2.96. The van der Waals surface area contributed by atoms with E-state index in [0.717, 1.165) is 16.9 Å². The number of amides is 1. The topological polar surface area (TPSA) is 80.9 Å². The molecule has 118 valence electrons. The zero-order chi connectivity index (χ0) is 16.4. The molecule has 0 spiro atoms. The minimum absolute atomic E-state index is 0.114. The van der Waals surface area contributed by atoms with Crippen LogP contribution in [0.2, 0.25) is 0 Å². The van der Waals surface area contributed by atoms with Gasteiger partial charge in [0.1, 0.15) is 5.52 Å². The van der Waals surface area contributed by atoms with E-state index in [1.54, 1.807) is 25.1 Å². The van der Waals surface area contributed by atoms with Gasteiger partial charge in [0.25, 0.3) is 0 Å². The number of aromatic nitrogens is 3. The predicted molar refractivity (Wildman–Crippen MR) is 89.6 cm³/mol. The number of hydrogen-bond acceptors (Lipinski definition) is 6. The van der Waals surface area contributed by atoms with Crippen LogP contribution in [0.1, 0.15) is 17.3 Å². The van der Waals surface area contributed by atoms with Crippen LogP contribution < -0.4 is 5.32 Å². The van der Waals surface area contributed by atoms with Crippen LogP contribution in [-0.2, 0) is 4.79 Å². The molecule has 0 saturated carbocycles. The summed E-state index contributed by atoms with van der Waals surface area (Å²) in [5.74, 6) is 0.738. The van der Waals surface area contributed by atoms with Crippen LogP contribution >= 0.6 is 11.8 Å². The van der Waals surface area contributed by atoms with Gasteiger partial charge in [0.15, 0.2) is 16.6 Å². The van der Waals surface area contributed by atoms with Crippen molar-refractivity contribution in [2.45, 2.75) is 25.9 Å². The van der Waals surface area contributed by atoms with Gasteiger partial charge in [-0.05, 0) is 38.1 Å². The van der Waals surface area contributed by atoms with Gasteiger partial charge in [-0.1, -0.05) is 11.8 Å². The smallest absolute Gasteiger partial charge is 0.234 e. The van der Waals surface area contributed by atoms with Crippen LogP contribution in [0, 0.1) is 20.8 Å².